The van der Waals surface area contributed by atoms with E-state index >= 15 is 0 Å². The van der Waals surface area contributed by atoms with Crippen LogP contribution in [0.4, 0.5) is 0 Å². The average molecular weight is 285 g/mol. The van der Waals surface area contributed by atoms with Crippen molar-refractivity contribution in [1.29, 1.82) is 0 Å². The van der Waals surface area contributed by atoms with Crippen molar-refractivity contribution in [3.63, 3.8) is 0 Å². The Morgan fingerprint density at radius 3 is 2.94 bits per heavy atom. The Morgan fingerprint density at radius 1 is 1.39 bits per heavy atom. The normalized spacial score (nSPS) is 21.7. The summed E-state index contributed by atoms with van der Waals surface area (Å²) in [4.78, 5) is 0. The number of hydrogen-bond acceptors (Lipinski definition) is 5. The van der Waals surface area contributed by atoms with Gasteiger partial charge in [0.15, 0.2) is 0 Å². The van der Waals surface area contributed by atoms with Crippen LogP contribution in [0.3, 0.4) is 0 Å². The van der Waals surface area contributed by atoms with E-state index in [1.807, 2.05) is 30.4 Å². The number of aromatic hydroxyl groups is 2. The molecule has 0 aliphatic carbocycles. The lowest BCUT2D eigenvalue weighted by Crippen LogP contribution is -2.30. The molecular weight excluding hydrogens is 266 g/mol. The number of phenolic OH excluding ortho intramolecular Hbond substituents is 2. The summed E-state index contributed by atoms with van der Waals surface area (Å²) in [5.74, 6) is 4.10. The maximum absolute atomic E-state index is 9.78. The number of hydrogen-bond donors (Lipinski definition) is 3. The van der Waals surface area contributed by atoms with Crippen LogP contribution in [0, 0.1) is 0 Å². The Morgan fingerprint density at radius 2 is 2.22 bits per heavy atom. The molecule has 2 unspecified atom stereocenters. The van der Waals surface area contributed by atoms with Gasteiger partial charge in [-0.3, -0.25) is 0 Å². The molecule has 0 amide bonds. The predicted octanol–water partition coefficient (Wildman–Crippen LogP) is 2.60. The lowest BCUT2D eigenvalue weighted by Gasteiger charge is -2.24. The molecule has 0 spiro atoms. The van der Waals surface area contributed by atoms with Gasteiger partial charge in [-0.15, -0.1) is 0 Å². The molecule has 1 aromatic rings. The van der Waals surface area contributed by atoms with Gasteiger partial charge in [0.2, 0.25) is 0 Å². The first-order chi connectivity index (χ1) is 8.66. The molecule has 1 aliphatic heterocycles. The summed E-state index contributed by atoms with van der Waals surface area (Å²) in [7, 11) is 0. The number of benzene rings is 1. The second kappa shape index (κ2) is 6.59. The molecular formula is C13H19NO2S2. The summed E-state index contributed by atoms with van der Waals surface area (Å²) >= 11 is 4.02. The standard InChI is InChI=1S/C13H19NO2S2/c1-9(12-6-10(15)2-3-13(12)16)14-7-11-8-17-4-5-18-11/h2-3,6,9,11,14-16H,4-5,7-8H2,1H3. The van der Waals surface area contributed by atoms with Gasteiger partial charge < -0.3 is 15.5 Å². The van der Waals surface area contributed by atoms with E-state index in [1.54, 1.807) is 6.07 Å². The van der Waals surface area contributed by atoms with Crippen molar-refractivity contribution in [1.82, 2.24) is 5.32 Å². The van der Waals surface area contributed by atoms with Gasteiger partial charge in [0.1, 0.15) is 11.5 Å². The van der Waals surface area contributed by atoms with Crippen LogP contribution in [-0.4, -0.2) is 39.3 Å². The van der Waals surface area contributed by atoms with Gasteiger partial charge in [-0.2, -0.15) is 23.5 Å². The fourth-order valence-corrected chi connectivity index (χ4v) is 4.59. The van der Waals surface area contributed by atoms with E-state index < -0.39 is 0 Å². The second-order valence-electron chi connectivity index (χ2n) is 4.44. The lowest BCUT2D eigenvalue weighted by molar-refractivity contribution is 0.441. The van der Waals surface area contributed by atoms with E-state index in [4.69, 9.17) is 0 Å². The molecule has 0 saturated carbocycles. The molecule has 1 fully saturated rings. The molecule has 2 rings (SSSR count). The van der Waals surface area contributed by atoms with Gasteiger partial charge in [-0.1, -0.05) is 0 Å². The van der Waals surface area contributed by atoms with Gasteiger partial charge >= 0.3 is 0 Å². The Hall–Kier alpha value is -0.520. The zero-order valence-electron chi connectivity index (χ0n) is 10.4. The van der Waals surface area contributed by atoms with E-state index in [0.717, 1.165) is 12.1 Å². The molecule has 1 aromatic carbocycles. The molecule has 3 nitrogen and oxygen atoms in total. The van der Waals surface area contributed by atoms with Crippen molar-refractivity contribution in [3.05, 3.63) is 23.8 Å². The third-order valence-electron chi connectivity index (χ3n) is 3.01. The van der Waals surface area contributed by atoms with Crippen LogP contribution in [-0.2, 0) is 0 Å². The zero-order chi connectivity index (χ0) is 13.0. The highest BCUT2D eigenvalue weighted by molar-refractivity contribution is 8.06. The summed E-state index contributed by atoms with van der Waals surface area (Å²) in [5, 5.41) is 23.3. The molecule has 3 N–H and O–H groups in total. The van der Waals surface area contributed by atoms with Gasteiger partial charge in [-0.05, 0) is 25.1 Å². The highest BCUT2D eigenvalue weighted by Crippen LogP contribution is 2.28. The average Bonchev–Trinajstić information content (AvgIpc) is 2.40. The minimum absolute atomic E-state index is 0.0460. The van der Waals surface area contributed by atoms with Gasteiger partial charge in [0.05, 0.1) is 0 Å². The minimum Gasteiger partial charge on any atom is -0.508 e. The summed E-state index contributed by atoms with van der Waals surface area (Å²) in [5.41, 5.74) is 0.753. The van der Waals surface area contributed by atoms with Crippen molar-refractivity contribution in [3.8, 4) is 11.5 Å². The largest absolute Gasteiger partial charge is 0.508 e. The minimum atomic E-state index is 0.0460. The Bertz CT molecular complexity index is 395. The zero-order valence-corrected chi connectivity index (χ0v) is 12.1. The van der Waals surface area contributed by atoms with Crippen LogP contribution in [0.1, 0.15) is 18.5 Å². The van der Waals surface area contributed by atoms with Gasteiger partial charge in [0, 0.05) is 40.7 Å². The quantitative estimate of drug-likeness (QED) is 0.743. The second-order valence-corrected chi connectivity index (χ2v) is 7.00. The van der Waals surface area contributed by atoms with Crippen LogP contribution < -0.4 is 5.32 Å². The first kappa shape index (κ1) is 13.9. The number of thioether (sulfide) groups is 2. The number of nitrogens with one attached hydrogen (secondary N) is 1. The van der Waals surface area contributed by atoms with Crippen molar-refractivity contribution in [2.75, 3.05) is 23.8 Å². The molecule has 0 aromatic heterocycles. The van der Waals surface area contributed by atoms with E-state index in [1.165, 1.54) is 29.4 Å². The van der Waals surface area contributed by atoms with Gasteiger partial charge in [-0.25, -0.2) is 0 Å². The smallest absolute Gasteiger partial charge is 0.120 e. The molecule has 5 heteroatoms. The van der Waals surface area contributed by atoms with Gasteiger partial charge in [0.25, 0.3) is 0 Å². The lowest BCUT2D eigenvalue weighted by atomic mass is 10.1. The first-order valence-corrected chi connectivity index (χ1v) is 8.32. The van der Waals surface area contributed by atoms with E-state index in [-0.39, 0.29) is 17.5 Å². The van der Waals surface area contributed by atoms with E-state index in [2.05, 4.69) is 5.32 Å². The Labute approximate surface area is 116 Å². The molecule has 18 heavy (non-hydrogen) atoms. The SMILES string of the molecule is CC(NCC1CSCCS1)c1cc(O)ccc1O. The van der Waals surface area contributed by atoms with E-state index in [9.17, 15) is 10.2 Å². The fourth-order valence-electron chi connectivity index (χ4n) is 1.96. The van der Waals surface area contributed by atoms with Crippen LogP contribution in [0.15, 0.2) is 18.2 Å². The van der Waals surface area contributed by atoms with Crippen molar-refractivity contribution >= 4 is 23.5 Å². The highest BCUT2D eigenvalue weighted by Gasteiger charge is 2.16. The molecule has 0 bridgehead atoms. The number of rotatable bonds is 4. The first-order valence-electron chi connectivity index (χ1n) is 6.11. The summed E-state index contributed by atoms with van der Waals surface area (Å²) in [6.45, 7) is 2.95. The third kappa shape index (κ3) is 3.73. The Kier molecular flexibility index (Phi) is 5.09. The van der Waals surface area contributed by atoms with Crippen molar-refractivity contribution in [2.45, 2.75) is 18.2 Å². The maximum atomic E-state index is 9.78. The highest BCUT2D eigenvalue weighted by atomic mass is 32.2. The monoisotopic (exact) mass is 285 g/mol. The third-order valence-corrected chi connectivity index (χ3v) is 5.86. The van der Waals surface area contributed by atoms with Crippen molar-refractivity contribution in [2.24, 2.45) is 0 Å². The summed E-state index contributed by atoms with van der Waals surface area (Å²) in [6.07, 6.45) is 0. The van der Waals surface area contributed by atoms with Crippen LogP contribution in [0.2, 0.25) is 0 Å². The maximum Gasteiger partial charge on any atom is 0.120 e. The molecule has 2 atom stereocenters. The summed E-state index contributed by atoms with van der Waals surface area (Å²) in [6, 6.07) is 4.70. The molecule has 0 radical (unpaired) electrons. The van der Waals surface area contributed by atoms with Crippen molar-refractivity contribution < 1.29 is 10.2 Å². The summed E-state index contributed by atoms with van der Waals surface area (Å²) < 4.78 is 0. The van der Waals surface area contributed by atoms with Crippen LogP contribution in [0.5, 0.6) is 11.5 Å². The molecule has 1 aliphatic rings. The molecule has 100 valence electrons. The topological polar surface area (TPSA) is 52.5 Å². The molecule has 1 saturated heterocycles. The Balaban J connectivity index is 1.90. The van der Waals surface area contributed by atoms with Crippen LogP contribution >= 0.6 is 23.5 Å². The number of phenols is 2. The fraction of sp³-hybridized carbons (Fsp3) is 0.538. The van der Waals surface area contributed by atoms with E-state index in [0.29, 0.717) is 5.25 Å². The predicted molar refractivity (Wildman–Crippen MR) is 79.8 cm³/mol. The van der Waals surface area contributed by atoms with Crippen LogP contribution in [0.25, 0.3) is 0 Å². The molecule has 1 heterocycles.